The van der Waals surface area contributed by atoms with E-state index >= 15 is 0 Å². The van der Waals surface area contributed by atoms with Gasteiger partial charge in [-0.15, -0.1) is 0 Å². The van der Waals surface area contributed by atoms with E-state index in [1.165, 1.54) is 7.11 Å². The van der Waals surface area contributed by atoms with Gasteiger partial charge in [-0.05, 0) is 19.3 Å². The third-order valence-corrected chi connectivity index (χ3v) is 2.81. The molecule has 0 radical (unpaired) electrons. The predicted octanol–water partition coefficient (Wildman–Crippen LogP) is 3.23. The van der Waals surface area contributed by atoms with Crippen molar-refractivity contribution in [3.63, 3.8) is 0 Å². The molecule has 0 heterocycles. The number of hydrogen-bond acceptors (Lipinski definition) is 2. The summed E-state index contributed by atoms with van der Waals surface area (Å²) < 4.78 is 42.6. The largest absolute Gasteiger partial charge is 0.466 e. The fourth-order valence-corrected chi connectivity index (χ4v) is 1.97. The van der Waals surface area contributed by atoms with Crippen LogP contribution in [0.3, 0.4) is 0 Å². The second-order valence-electron chi connectivity index (χ2n) is 3.94. The molecule has 0 N–H and O–H groups in total. The summed E-state index contributed by atoms with van der Waals surface area (Å²) in [5.41, 5.74) is 0.164. The molecule has 1 rings (SSSR count). The Kier molecular flexibility index (Phi) is 4.38. The molecule has 1 unspecified atom stereocenters. The molecule has 0 aromatic carbocycles. The van der Waals surface area contributed by atoms with Gasteiger partial charge >= 0.3 is 12.1 Å². The van der Waals surface area contributed by atoms with E-state index in [2.05, 4.69) is 4.74 Å². The number of carbonyl (C=O) groups is 1. The average Bonchev–Trinajstić information content (AvgIpc) is 2.42. The van der Waals surface area contributed by atoms with Crippen LogP contribution in [0.15, 0.2) is 11.6 Å². The molecule has 0 amide bonds. The third kappa shape index (κ3) is 3.54. The van der Waals surface area contributed by atoms with E-state index < -0.39 is 18.1 Å². The lowest BCUT2D eigenvalue weighted by Gasteiger charge is -2.20. The second-order valence-corrected chi connectivity index (χ2v) is 3.94. The van der Waals surface area contributed by atoms with E-state index in [0.29, 0.717) is 19.3 Å². The van der Waals surface area contributed by atoms with Crippen molar-refractivity contribution >= 4 is 5.97 Å². The van der Waals surface area contributed by atoms with Crippen LogP contribution in [-0.2, 0) is 9.53 Å². The Morgan fingerprint density at radius 2 is 2.06 bits per heavy atom. The minimum Gasteiger partial charge on any atom is -0.466 e. The van der Waals surface area contributed by atoms with Crippen LogP contribution in [-0.4, -0.2) is 19.3 Å². The number of carbonyl (C=O) groups excluding carboxylic acids is 1. The smallest absolute Gasteiger partial charge is 0.395 e. The molecule has 92 valence electrons. The summed E-state index contributed by atoms with van der Waals surface area (Å²) in [7, 11) is 1.17. The molecule has 5 heteroatoms. The summed E-state index contributed by atoms with van der Waals surface area (Å²) in [4.78, 5) is 11.0. The predicted molar refractivity (Wildman–Crippen MR) is 52.7 cm³/mol. The van der Waals surface area contributed by atoms with Gasteiger partial charge in [0.05, 0.1) is 13.0 Å². The number of hydrogen-bond donors (Lipinski definition) is 0. The number of ether oxygens (including phenoxy) is 1. The van der Waals surface area contributed by atoms with Gasteiger partial charge in [0, 0.05) is 6.08 Å². The first-order valence-corrected chi connectivity index (χ1v) is 5.30. The Bertz CT molecular complexity index is 281. The SMILES string of the molecule is COC(=O)/C=C1/CCCCCC1C(F)(F)F. The third-order valence-electron chi connectivity index (χ3n) is 2.81. The van der Waals surface area contributed by atoms with Gasteiger partial charge in [0.15, 0.2) is 0 Å². The Morgan fingerprint density at radius 1 is 1.38 bits per heavy atom. The maximum absolute atomic E-state index is 12.7. The molecule has 2 nitrogen and oxygen atoms in total. The second kappa shape index (κ2) is 5.37. The zero-order chi connectivity index (χ0) is 12.2. The Morgan fingerprint density at radius 3 is 2.62 bits per heavy atom. The number of alkyl halides is 3. The lowest BCUT2D eigenvalue weighted by Crippen LogP contribution is -2.24. The zero-order valence-electron chi connectivity index (χ0n) is 9.14. The topological polar surface area (TPSA) is 26.3 Å². The summed E-state index contributed by atoms with van der Waals surface area (Å²) in [6, 6.07) is 0. The number of halogens is 3. The molecule has 0 aromatic rings. The van der Waals surface area contributed by atoms with Crippen molar-refractivity contribution < 1.29 is 22.7 Å². The van der Waals surface area contributed by atoms with Crippen molar-refractivity contribution in [1.29, 1.82) is 0 Å². The Labute approximate surface area is 92.5 Å². The van der Waals surface area contributed by atoms with Gasteiger partial charge in [0.2, 0.25) is 0 Å². The van der Waals surface area contributed by atoms with Crippen molar-refractivity contribution in [1.82, 2.24) is 0 Å². The zero-order valence-corrected chi connectivity index (χ0v) is 9.14. The highest BCUT2D eigenvalue weighted by molar-refractivity contribution is 5.82. The highest BCUT2D eigenvalue weighted by Crippen LogP contribution is 2.39. The molecule has 1 aliphatic rings. The fourth-order valence-electron chi connectivity index (χ4n) is 1.97. The van der Waals surface area contributed by atoms with E-state index in [0.717, 1.165) is 12.5 Å². The first kappa shape index (κ1) is 13.1. The number of allylic oxidation sites excluding steroid dienone is 1. The van der Waals surface area contributed by atoms with Crippen LogP contribution in [0.4, 0.5) is 13.2 Å². The van der Waals surface area contributed by atoms with Crippen molar-refractivity contribution in [3.05, 3.63) is 11.6 Å². The quantitative estimate of drug-likeness (QED) is 0.397. The van der Waals surface area contributed by atoms with Gasteiger partial charge in [-0.25, -0.2) is 4.79 Å². The van der Waals surface area contributed by atoms with Gasteiger partial charge in [0.25, 0.3) is 0 Å². The minimum absolute atomic E-state index is 0.0757. The van der Waals surface area contributed by atoms with Crippen LogP contribution in [0, 0.1) is 5.92 Å². The van der Waals surface area contributed by atoms with Gasteiger partial charge in [-0.3, -0.25) is 0 Å². The lowest BCUT2D eigenvalue weighted by molar-refractivity contribution is -0.165. The first-order valence-electron chi connectivity index (χ1n) is 5.30. The standard InChI is InChI=1S/C11H15F3O2/c1-16-10(15)7-8-5-3-2-4-6-9(8)11(12,13)14/h7,9H,2-6H2,1H3/b8-7-. The van der Waals surface area contributed by atoms with E-state index in [4.69, 9.17) is 0 Å². The highest BCUT2D eigenvalue weighted by Gasteiger charge is 2.42. The van der Waals surface area contributed by atoms with Gasteiger partial charge in [-0.2, -0.15) is 13.2 Å². The molecular formula is C11H15F3O2. The lowest BCUT2D eigenvalue weighted by atomic mass is 9.93. The molecule has 0 bridgehead atoms. The van der Waals surface area contributed by atoms with Crippen LogP contribution >= 0.6 is 0 Å². The molecule has 0 saturated heterocycles. The number of methoxy groups -OCH3 is 1. The Hall–Kier alpha value is -1.00. The van der Waals surface area contributed by atoms with Crippen LogP contribution in [0.5, 0.6) is 0 Å². The summed E-state index contributed by atoms with van der Waals surface area (Å²) >= 11 is 0. The molecule has 1 fully saturated rings. The van der Waals surface area contributed by atoms with Crippen LogP contribution < -0.4 is 0 Å². The van der Waals surface area contributed by atoms with Crippen molar-refractivity contribution in [2.45, 2.75) is 38.3 Å². The summed E-state index contributed by atoms with van der Waals surface area (Å²) in [5, 5.41) is 0. The fraction of sp³-hybridized carbons (Fsp3) is 0.727. The summed E-state index contributed by atoms with van der Waals surface area (Å²) in [6.45, 7) is 0. The number of esters is 1. The van der Waals surface area contributed by atoms with Crippen molar-refractivity contribution in [3.8, 4) is 0 Å². The molecule has 1 atom stereocenters. The summed E-state index contributed by atoms with van der Waals surface area (Å²) in [5.74, 6) is -2.18. The molecule has 0 aromatic heterocycles. The van der Waals surface area contributed by atoms with E-state index in [1.807, 2.05) is 0 Å². The van der Waals surface area contributed by atoms with Crippen LogP contribution in [0.2, 0.25) is 0 Å². The highest BCUT2D eigenvalue weighted by atomic mass is 19.4. The molecule has 1 aliphatic carbocycles. The number of rotatable bonds is 1. The Balaban J connectivity index is 2.90. The van der Waals surface area contributed by atoms with E-state index in [1.54, 1.807) is 0 Å². The normalized spacial score (nSPS) is 25.2. The maximum Gasteiger partial charge on any atom is 0.395 e. The molecule has 0 aliphatic heterocycles. The van der Waals surface area contributed by atoms with Gasteiger partial charge < -0.3 is 4.74 Å². The monoisotopic (exact) mass is 236 g/mol. The molecule has 1 saturated carbocycles. The average molecular weight is 236 g/mol. The maximum atomic E-state index is 12.7. The van der Waals surface area contributed by atoms with Crippen LogP contribution in [0.25, 0.3) is 0 Å². The molecule has 16 heavy (non-hydrogen) atoms. The first-order chi connectivity index (χ1) is 7.45. The summed E-state index contributed by atoms with van der Waals surface area (Å²) in [6.07, 6.45) is -0.803. The van der Waals surface area contributed by atoms with E-state index in [-0.39, 0.29) is 12.0 Å². The minimum atomic E-state index is -4.26. The molecular weight excluding hydrogens is 221 g/mol. The van der Waals surface area contributed by atoms with Gasteiger partial charge in [0.1, 0.15) is 0 Å². The van der Waals surface area contributed by atoms with Crippen molar-refractivity contribution in [2.75, 3.05) is 7.11 Å². The van der Waals surface area contributed by atoms with E-state index in [9.17, 15) is 18.0 Å². The van der Waals surface area contributed by atoms with Crippen LogP contribution in [0.1, 0.15) is 32.1 Å². The van der Waals surface area contributed by atoms with Crippen molar-refractivity contribution in [2.24, 2.45) is 5.92 Å². The van der Waals surface area contributed by atoms with Gasteiger partial charge in [-0.1, -0.05) is 18.4 Å². The molecule has 0 spiro atoms.